The number of hydrogen-bond donors (Lipinski definition) is 2. The third-order valence-corrected chi connectivity index (χ3v) is 3.64. The summed E-state index contributed by atoms with van der Waals surface area (Å²) >= 11 is 6.10. The molecule has 1 aromatic rings. The fraction of sp³-hybridized carbons (Fsp3) is 0.467. The van der Waals surface area contributed by atoms with Crippen molar-refractivity contribution in [1.29, 1.82) is 0 Å². The molecule has 0 heterocycles. The van der Waals surface area contributed by atoms with E-state index >= 15 is 0 Å². The fourth-order valence-corrected chi connectivity index (χ4v) is 2.24. The van der Waals surface area contributed by atoms with Crippen molar-refractivity contribution in [1.82, 2.24) is 10.2 Å². The van der Waals surface area contributed by atoms with Crippen LogP contribution in [0.4, 0.5) is 4.79 Å². The lowest BCUT2D eigenvalue weighted by Gasteiger charge is -2.25. The SMILES string of the molecule is CCN(CC(C)C(=O)O)C(=O)NC(C)c1ccccc1Cl. The monoisotopic (exact) mass is 312 g/mol. The summed E-state index contributed by atoms with van der Waals surface area (Å²) in [5, 5.41) is 12.4. The molecule has 0 fully saturated rings. The first-order chi connectivity index (χ1) is 9.86. The van der Waals surface area contributed by atoms with Crippen molar-refractivity contribution >= 4 is 23.6 Å². The Labute approximate surface area is 129 Å². The first kappa shape index (κ1) is 17.3. The molecule has 1 aromatic carbocycles. The van der Waals surface area contributed by atoms with Crippen LogP contribution in [0.1, 0.15) is 32.4 Å². The summed E-state index contributed by atoms with van der Waals surface area (Å²) < 4.78 is 0. The van der Waals surface area contributed by atoms with Gasteiger partial charge >= 0.3 is 12.0 Å². The molecule has 0 saturated carbocycles. The molecule has 0 bridgehead atoms. The molecule has 0 aromatic heterocycles. The summed E-state index contributed by atoms with van der Waals surface area (Å²) in [6.07, 6.45) is 0. The van der Waals surface area contributed by atoms with Crippen LogP contribution >= 0.6 is 11.6 Å². The topological polar surface area (TPSA) is 69.6 Å². The second-order valence-electron chi connectivity index (χ2n) is 4.97. The quantitative estimate of drug-likeness (QED) is 0.847. The van der Waals surface area contributed by atoms with E-state index in [9.17, 15) is 9.59 Å². The zero-order chi connectivity index (χ0) is 16.0. The van der Waals surface area contributed by atoms with Crippen LogP contribution in [0.25, 0.3) is 0 Å². The Balaban J connectivity index is 2.70. The van der Waals surface area contributed by atoms with Crippen molar-refractivity contribution in [2.75, 3.05) is 13.1 Å². The molecule has 0 aliphatic heterocycles. The van der Waals surface area contributed by atoms with Gasteiger partial charge < -0.3 is 15.3 Å². The number of nitrogens with one attached hydrogen (secondary N) is 1. The summed E-state index contributed by atoms with van der Waals surface area (Å²) in [7, 11) is 0. The molecule has 21 heavy (non-hydrogen) atoms. The number of aliphatic carboxylic acids is 1. The molecule has 2 unspecified atom stereocenters. The molecule has 5 nitrogen and oxygen atoms in total. The molecular formula is C15H21ClN2O3. The maximum absolute atomic E-state index is 12.2. The van der Waals surface area contributed by atoms with E-state index in [1.54, 1.807) is 13.0 Å². The number of carboxylic acid groups (broad SMARTS) is 1. The Kier molecular flexibility index (Phi) is 6.49. The van der Waals surface area contributed by atoms with Gasteiger partial charge in [-0.1, -0.05) is 36.7 Å². The molecule has 2 amide bonds. The number of carboxylic acids is 1. The van der Waals surface area contributed by atoms with Crippen LogP contribution in [0.2, 0.25) is 5.02 Å². The summed E-state index contributed by atoms with van der Waals surface area (Å²) in [5.41, 5.74) is 0.829. The number of carbonyl (C=O) groups is 2. The fourth-order valence-electron chi connectivity index (χ4n) is 1.94. The zero-order valence-corrected chi connectivity index (χ0v) is 13.2. The molecule has 0 spiro atoms. The van der Waals surface area contributed by atoms with E-state index in [1.807, 2.05) is 32.0 Å². The van der Waals surface area contributed by atoms with Gasteiger partial charge in [-0.3, -0.25) is 4.79 Å². The minimum atomic E-state index is -0.916. The second-order valence-corrected chi connectivity index (χ2v) is 5.38. The normalized spacial score (nSPS) is 13.3. The smallest absolute Gasteiger partial charge is 0.317 e. The summed E-state index contributed by atoms with van der Waals surface area (Å²) in [5.74, 6) is -1.52. The standard InChI is InChI=1S/C15H21ClN2O3/c1-4-18(9-10(2)14(19)20)15(21)17-11(3)12-7-5-6-8-13(12)16/h5-8,10-11H,4,9H2,1-3H3,(H,17,21)(H,19,20). The number of carbonyl (C=O) groups excluding carboxylic acids is 1. The first-order valence-electron chi connectivity index (χ1n) is 6.89. The molecule has 0 radical (unpaired) electrons. The van der Waals surface area contributed by atoms with Crippen LogP contribution in [0.15, 0.2) is 24.3 Å². The van der Waals surface area contributed by atoms with Crippen molar-refractivity contribution in [2.24, 2.45) is 5.92 Å². The van der Waals surface area contributed by atoms with Gasteiger partial charge in [0.05, 0.1) is 12.0 Å². The maximum Gasteiger partial charge on any atom is 0.317 e. The lowest BCUT2D eigenvalue weighted by atomic mass is 10.1. The van der Waals surface area contributed by atoms with Crippen LogP contribution in [0, 0.1) is 5.92 Å². The number of halogens is 1. The molecule has 6 heteroatoms. The largest absolute Gasteiger partial charge is 0.481 e. The predicted molar refractivity (Wildman–Crippen MR) is 82.4 cm³/mol. The van der Waals surface area contributed by atoms with Crippen LogP contribution in [0.3, 0.4) is 0 Å². The maximum atomic E-state index is 12.2. The molecule has 0 aliphatic rings. The van der Waals surface area contributed by atoms with Gasteiger partial charge in [-0.25, -0.2) is 4.79 Å². The van der Waals surface area contributed by atoms with Crippen LogP contribution in [0.5, 0.6) is 0 Å². The van der Waals surface area contributed by atoms with Gasteiger partial charge in [-0.05, 0) is 25.5 Å². The van der Waals surface area contributed by atoms with Crippen molar-refractivity contribution < 1.29 is 14.7 Å². The van der Waals surface area contributed by atoms with E-state index in [2.05, 4.69) is 5.32 Å². The highest BCUT2D eigenvalue weighted by Crippen LogP contribution is 2.22. The Morgan fingerprint density at radius 3 is 2.48 bits per heavy atom. The van der Waals surface area contributed by atoms with E-state index < -0.39 is 11.9 Å². The number of benzene rings is 1. The number of rotatable bonds is 6. The number of urea groups is 1. The molecule has 0 saturated heterocycles. The third kappa shape index (κ3) is 4.93. The van der Waals surface area contributed by atoms with Crippen molar-refractivity contribution in [3.63, 3.8) is 0 Å². The van der Waals surface area contributed by atoms with Crippen molar-refractivity contribution in [3.8, 4) is 0 Å². The first-order valence-corrected chi connectivity index (χ1v) is 7.27. The van der Waals surface area contributed by atoms with E-state index in [4.69, 9.17) is 16.7 Å². The Hall–Kier alpha value is -1.75. The van der Waals surface area contributed by atoms with Crippen LogP contribution < -0.4 is 5.32 Å². The highest BCUT2D eigenvalue weighted by molar-refractivity contribution is 6.31. The summed E-state index contributed by atoms with van der Waals surface area (Å²) in [6, 6.07) is 6.76. The Morgan fingerprint density at radius 2 is 1.95 bits per heavy atom. The molecule has 1 rings (SSSR count). The van der Waals surface area contributed by atoms with Crippen LogP contribution in [-0.4, -0.2) is 35.1 Å². The zero-order valence-electron chi connectivity index (χ0n) is 12.5. The van der Waals surface area contributed by atoms with E-state index in [1.165, 1.54) is 4.90 Å². The molecule has 2 atom stereocenters. The van der Waals surface area contributed by atoms with Gasteiger partial charge in [-0.15, -0.1) is 0 Å². The molecule has 116 valence electrons. The molecule has 2 N–H and O–H groups in total. The summed E-state index contributed by atoms with van der Waals surface area (Å²) in [6.45, 7) is 5.85. The van der Waals surface area contributed by atoms with Gasteiger partial charge in [0.15, 0.2) is 0 Å². The van der Waals surface area contributed by atoms with Gasteiger partial charge in [0.2, 0.25) is 0 Å². The average molecular weight is 313 g/mol. The third-order valence-electron chi connectivity index (χ3n) is 3.30. The average Bonchev–Trinajstić information content (AvgIpc) is 2.44. The highest BCUT2D eigenvalue weighted by atomic mass is 35.5. The van der Waals surface area contributed by atoms with Gasteiger partial charge in [0, 0.05) is 18.1 Å². The number of amides is 2. The van der Waals surface area contributed by atoms with E-state index in [0.717, 1.165) is 5.56 Å². The van der Waals surface area contributed by atoms with Crippen molar-refractivity contribution in [3.05, 3.63) is 34.9 Å². The lowest BCUT2D eigenvalue weighted by Crippen LogP contribution is -2.44. The molecular weight excluding hydrogens is 292 g/mol. The Morgan fingerprint density at radius 1 is 1.33 bits per heavy atom. The highest BCUT2D eigenvalue weighted by Gasteiger charge is 2.21. The number of nitrogens with zero attached hydrogens (tertiary/aromatic N) is 1. The number of hydrogen-bond acceptors (Lipinski definition) is 2. The lowest BCUT2D eigenvalue weighted by molar-refractivity contribution is -0.141. The molecule has 0 aliphatic carbocycles. The Bertz CT molecular complexity index is 507. The van der Waals surface area contributed by atoms with E-state index in [0.29, 0.717) is 11.6 Å². The summed E-state index contributed by atoms with van der Waals surface area (Å²) in [4.78, 5) is 24.6. The van der Waals surface area contributed by atoms with E-state index in [-0.39, 0.29) is 18.6 Å². The predicted octanol–water partition coefficient (Wildman–Crippen LogP) is 3.15. The minimum Gasteiger partial charge on any atom is -0.481 e. The second kappa shape index (κ2) is 7.88. The van der Waals surface area contributed by atoms with Gasteiger partial charge in [0.1, 0.15) is 0 Å². The minimum absolute atomic E-state index is 0.174. The van der Waals surface area contributed by atoms with Crippen LogP contribution in [-0.2, 0) is 4.79 Å². The van der Waals surface area contributed by atoms with Gasteiger partial charge in [0.25, 0.3) is 0 Å². The van der Waals surface area contributed by atoms with Gasteiger partial charge in [-0.2, -0.15) is 0 Å². The van der Waals surface area contributed by atoms with Crippen molar-refractivity contribution in [2.45, 2.75) is 26.8 Å².